The molecule has 1 heterocycles. The van der Waals surface area contributed by atoms with E-state index in [2.05, 4.69) is 15.6 Å². The van der Waals surface area contributed by atoms with Crippen molar-refractivity contribution in [3.63, 3.8) is 0 Å². The van der Waals surface area contributed by atoms with Crippen LogP contribution >= 0.6 is 24.0 Å². The van der Waals surface area contributed by atoms with Gasteiger partial charge in [-0.1, -0.05) is 12.1 Å². The highest BCUT2D eigenvalue weighted by Crippen LogP contribution is 2.13. The minimum atomic E-state index is -0.751. The highest BCUT2D eigenvalue weighted by atomic mass is 127. The Morgan fingerprint density at radius 2 is 2.13 bits per heavy atom. The van der Waals surface area contributed by atoms with E-state index < -0.39 is 6.10 Å². The lowest BCUT2D eigenvalue weighted by Crippen LogP contribution is -2.41. The number of hydrogen-bond acceptors (Lipinski definition) is 3. The summed E-state index contributed by atoms with van der Waals surface area (Å²) in [6, 6.07) is 5.82. The summed E-state index contributed by atoms with van der Waals surface area (Å²) in [4.78, 5) is 4.37. The van der Waals surface area contributed by atoms with Gasteiger partial charge in [-0.05, 0) is 37.5 Å². The fourth-order valence-electron chi connectivity index (χ4n) is 2.33. The summed E-state index contributed by atoms with van der Waals surface area (Å²) < 4.78 is 18.4. The zero-order valence-electron chi connectivity index (χ0n) is 13.3. The van der Waals surface area contributed by atoms with E-state index in [0.717, 1.165) is 26.0 Å². The molecule has 5 nitrogen and oxygen atoms in total. The fourth-order valence-corrected chi connectivity index (χ4v) is 2.33. The van der Waals surface area contributed by atoms with E-state index in [-0.39, 0.29) is 42.4 Å². The van der Waals surface area contributed by atoms with E-state index in [1.165, 1.54) is 12.1 Å². The van der Waals surface area contributed by atoms with Gasteiger partial charge in [-0.25, -0.2) is 4.39 Å². The third kappa shape index (κ3) is 7.01. The quantitative estimate of drug-likeness (QED) is 0.363. The van der Waals surface area contributed by atoms with Crippen LogP contribution < -0.4 is 10.6 Å². The van der Waals surface area contributed by atoms with Gasteiger partial charge >= 0.3 is 0 Å². The van der Waals surface area contributed by atoms with Crippen molar-refractivity contribution < 1.29 is 14.2 Å². The van der Waals surface area contributed by atoms with Crippen LogP contribution in [-0.2, 0) is 4.74 Å². The lowest BCUT2D eigenvalue weighted by atomic mass is 10.1. The van der Waals surface area contributed by atoms with E-state index in [1.54, 1.807) is 12.1 Å². The number of aliphatic hydroxyl groups is 1. The highest BCUT2D eigenvalue weighted by Gasteiger charge is 2.15. The third-order valence-electron chi connectivity index (χ3n) is 3.54. The predicted molar refractivity (Wildman–Crippen MR) is 99.7 cm³/mol. The van der Waals surface area contributed by atoms with Gasteiger partial charge < -0.3 is 20.5 Å². The Morgan fingerprint density at radius 1 is 1.39 bits per heavy atom. The number of halogens is 2. The lowest BCUT2D eigenvalue weighted by molar-refractivity contribution is 0.113. The van der Waals surface area contributed by atoms with Crippen LogP contribution in [0.25, 0.3) is 0 Å². The fraction of sp³-hybridized carbons (Fsp3) is 0.562. The summed E-state index contributed by atoms with van der Waals surface area (Å²) >= 11 is 0. The Balaban J connectivity index is 0.00000264. The minimum Gasteiger partial charge on any atom is -0.386 e. The van der Waals surface area contributed by atoms with Crippen molar-refractivity contribution in [2.75, 3.05) is 26.2 Å². The molecule has 7 heteroatoms. The average Bonchev–Trinajstić information content (AvgIpc) is 3.04. The van der Waals surface area contributed by atoms with Gasteiger partial charge in [0.25, 0.3) is 0 Å². The van der Waals surface area contributed by atoms with Crippen molar-refractivity contribution in [3.05, 3.63) is 35.6 Å². The van der Waals surface area contributed by atoms with Gasteiger partial charge in [-0.3, -0.25) is 4.99 Å². The molecule has 0 radical (unpaired) electrons. The molecule has 23 heavy (non-hydrogen) atoms. The number of nitrogens with one attached hydrogen (secondary N) is 2. The van der Waals surface area contributed by atoms with Crippen LogP contribution in [0.1, 0.15) is 31.4 Å². The summed E-state index contributed by atoms with van der Waals surface area (Å²) in [6.45, 7) is 4.47. The maximum Gasteiger partial charge on any atom is 0.191 e. The molecule has 0 aromatic heterocycles. The first kappa shape index (κ1) is 20.1. The molecule has 0 spiro atoms. The first-order valence-corrected chi connectivity index (χ1v) is 7.76. The van der Waals surface area contributed by atoms with Gasteiger partial charge in [0.05, 0.1) is 18.8 Å². The maximum absolute atomic E-state index is 12.9. The number of benzene rings is 1. The number of rotatable bonds is 6. The second kappa shape index (κ2) is 10.8. The molecule has 0 aliphatic carbocycles. The van der Waals surface area contributed by atoms with Crippen LogP contribution in [0.2, 0.25) is 0 Å². The van der Waals surface area contributed by atoms with Crippen LogP contribution in [0, 0.1) is 5.82 Å². The molecule has 130 valence electrons. The normalized spacial score (nSPS) is 19.1. The first-order chi connectivity index (χ1) is 10.7. The van der Waals surface area contributed by atoms with Crippen LogP contribution in [-0.4, -0.2) is 43.4 Å². The molecule has 1 aliphatic rings. The van der Waals surface area contributed by atoms with Crippen molar-refractivity contribution in [2.24, 2.45) is 4.99 Å². The topological polar surface area (TPSA) is 65.9 Å². The molecule has 0 amide bonds. The summed E-state index contributed by atoms with van der Waals surface area (Å²) in [5.74, 6) is 0.338. The SMILES string of the molecule is CCNC(=NCC(O)c1ccc(F)cc1)NCC1CCCO1.I. The van der Waals surface area contributed by atoms with Crippen LogP contribution in [0.3, 0.4) is 0 Å². The van der Waals surface area contributed by atoms with Gasteiger partial charge in [0, 0.05) is 19.7 Å². The van der Waals surface area contributed by atoms with Crippen molar-refractivity contribution in [1.82, 2.24) is 10.6 Å². The van der Waals surface area contributed by atoms with Crippen molar-refractivity contribution in [3.8, 4) is 0 Å². The molecule has 1 aromatic carbocycles. The standard InChI is InChI=1S/C16H24FN3O2.HI/c1-2-18-16(19-10-14-4-3-9-22-14)20-11-15(21)12-5-7-13(17)8-6-12;/h5-8,14-15,21H,2-4,9-11H2,1H3,(H2,18,19,20);1H. The molecule has 1 aliphatic heterocycles. The van der Waals surface area contributed by atoms with Crippen LogP contribution in [0.5, 0.6) is 0 Å². The van der Waals surface area contributed by atoms with E-state index >= 15 is 0 Å². The molecule has 3 N–H and O–H groups in total. The highest BCUT2D eigenvalue weighted by molar-refractivity contribution is 14.0. The van der Waals surface area contributed by atoms with E-state index in [4.69, 9.17) is 4.74 Å². The number of aliphatic imine (C=N–C) groups is 1. The van der Waals surface area contributed by atoms with Gasteiger partial charge in [-0.2, -0.15) is 0 Å². The van der Waals surface area contributed by atoms with Gasteiger partial charge in [0.2, 0.25) is 0 Å². The lowest BCUT2D eigenvalue weighted by Gasteiger charge is -2.15. The second-order valence-electron chi connectivity index (χ2n) is 5.30. The molecular weight excluding hydrogens is 412 g/mol. The first-order valence-electron chi connectivity index (χ1n) is 7.76. The number of ether oxygens (including phenoxy) is 1. The van der Waals surface area contributed by atoms with Gasteiger partial charge in [-0.15, -0.1) is 24.0 Å². The van der Waals surface area contributed by atoms with Crippen molar-refractivity contribution in [1.29, 1.82) is 0 Å². The third-order valence-corrected chi connectivity index (χ3v) is 3.54. The zero-order valence-corrected chi connectivity index (χ0v) is 15.6. The number of aliphatic hydroxyl groups excluding tert-OH is 1. The van der Waals surface area contributed by atoms with E-state index in [1.807, 2.05) is 6.92 Å². The Hall–Kier alpha value is -0.930. The number of nitrogens with zero attached hydrogens (tertiary/aromatic N) is 1. The maximum atomic E-state index is 12.9. The Morgan fingerprint density at radius 3 is 2.74 bits per heavy atom. The summed E-state index contributed by atoms with van der Waals surface area (Å²) in [6.07, 6.45) is 1.64. The molecule has 2 rings (SSSR count). The zero-order chi connectivity index (χ0) is 15.8. The monoisotopic (exact) mass is 437 g/mol. The number of guanidine groups is 1. The minimum absolute atomic E-state index is 0. The molecule has 1 saturated heterocycles. The van der Waals surface area contributed by atoms with Crippen molar-refractivity contribution in [2.45, 2.75) is 32.0 Å². The van der Waals surface area contributed by atoms with Crippen molar-refractivity contribution >= 4 is 29.9 Å². The van der Waals surface area contributed by atoms with Gasteiger partial charge in [0.1, 0.15) is 5.82 Å². The van der Waals surface area contributed by atoms with Crippen LogP contribution in [0.15, 0.2) is 29.3 Å². The summed E-state index contributed by atoms with van der Waals surface area (Å²) in [7, 11) is 0. The smallest absolute Gasteiger partial charge is 0.191 e. The average molecular weight is 437 g/mol. The molecule has 1 aromatic rings. The Labute approximate surface area is 153 Å². The summed E-state index contributed by atoms with van der Waals surface area (Å²) in [5, 5.41) is 16.5. The molecule has 2 unspecified atom stereocenters. The van der Waals surface area contributed by atoms with E-state index in [9.17, 15) is 9.50 Å². The molecule has 1 fully saturated rings. The van der Waals surface area contributed by atoms with Gasteiger partial charge in [0.15, 0.2) is 5.96 Å². The number of hydrogen-bond donors (Lipinski definition) is 3. The Bertz CT molecular complexity index is 479. The molecular formula is C16H25FIN3O2. The predicted octanol–water partition coefficient (Wildman–Crippen LogP) is 2.21. The molecule has 0 saturated carbocycles. The molecule has 0 bridgehead atoms. The molecule has 2 atom stereocenters. The Kier molecular flexibility index (Phi) is 9.42. The largest absolute Gasteiger partial charge is 0.386 e. The van der Waals surface area contributed by atoms with Crippen LogP contribution in [0.4, 0.5) is 4.39 Å². The van der Waals surface area contributed by atoms with E-state index in [0.29, 0.717) is 18.1 Å². The summed E-state index contributed by atoms with van der Waals surface area (Å²) in [5.41, 5.74) is 0.653. The second-order valence-corrected chi connectivity index (χ2v) is 5.30.